The number of carboxylic acids is 6. The Morgan fingerprint density at radius 2 is 0.613 bits per heavy atom. The van der Waals surface area contributed by atoms with Crippen molar-refractivity contribution in [1.29, 1.82) is 0 Å². The van der Waals surface area contributed by atoms with Crippen molar-refractivity contribution >= 4 is 35.8 Å². The molecular formula is C16H27N3O12. The van der Waals surface area contributed by atoms with Gasteiger partial charge in [0, 0.05) is 33.1 Å². The molecule has 0 spiro atoms. The second kappa shape index (κ2) is 16.5. The number of carbonyl (C=O) groups is 6. The fourth-order valence-electron chi connectivity index (χ4n) is 2.22. The van der Waals surface area contributed by atoms with E-state index >= 15 is 0 Å². The van der Waals surface area contributed by atoms with Gasteiger partial charge in [-0.15, -0.1) is 0 Å². The summed E-state index contributed by atoms with van der Waals surface area (Å²) < 4.78 is 0. The van der Waals surface area contributed by atoms with Crippen LogP contribution in [0.4, 0.5) is 0 Å². The van der Waals surface area contributed by atoms with Crippen molar-refractivity contribution < 1.29 is 59.4 Å². The number of rotatable bonds is 16. The highest BCUT2D eigenvalue weighted by atomic mass is 16.4. The van der Waals surface area contributed by atoms with Crippen LogP contribution < -0.4 is 0 Å². The number of hydrogen-bond acceptors (Lipinski definition) is 9. The van der Waals surface area contributed by atoms with Gasteiger partial charge in [0.2, 0.25) is 0 Å². The minimum Gasteiger partial charge on any atom is -0.481 e. The Morgan fingerprint density at radius 3 is 0.806 bits per heavy atom. The predicted molar refractivity (Wildman–Crippen MR) is 101 cm³/mol. The van der Waals surface area contributed by atoms with E-state index in [1.807, 2.05) is 0 Å². The highest BCUT2D eigenvalue weighted by Crippen LogP contribution is 1.97. The van der Waals surface area contributed by atoms with Gasteiger partial charge in [-0.3, -0.25) is 43.5 Å². The van der Waals surface area contributed by atoms with E-state index in [9.17, 15) is 24.0 Å². The zero-order valence-electron chi connectivity index (χ0n) is 16.8. The lowest BCUT2D eigenvalue weighted by Gasteiger charge is -2.27. The van der Waals surface area contributed by atoms with E-state index < -0.39 is 68.5 Å². The molecule has 31 heavy (non-hydrogen) atoms. The summed E-state index contributed by atoms with van der Waals surface area (Å²) in [5, 5.41) is 51.5. The lowest BCUT2D eigenvalue weighted by Crippen LogP contribution is -2.45. The maximum Gasteiger partial charge on any atom is 0.317 e. The molecule has 0 radical (unpaired) electrons. The Morgan fingerprint density at radius 1 is 0.452 bits per heavy atom. The summed E-state index contributed by atoms with van der Waals surface area (Å²) in [5.74, 6) is -6.99. The summed E-state index contributed by atoms with van der Waals surface area (Å²) in [6.07, 6.45) is 0. The topological polar surface area (TPSA) is 234 Å². The SMILES string of the molecule is CC(=O)O.O=C(O)CN(CCN(CC(=O)O)CC(=O)O)CCN(CC(=O)O)CC(=O)O. The maximum atomic E-state index is 11.0. The lowest BCUT2D eigenvalue weighted by molar-refractivity contribution is -0.143. The van der Waals surface area contributed by atoms with E-state index in [0.717, 1.165) is 16.7 Å². The van der Waals surface area contributed by atoms with E-state index in [0.29, 0.717) is 0 Å². The summed E-state index contributed by atoms with van der Waals surface area (Å²) in [5.41, 5.74) is 0. The van der Waals surface area contributed by atoms with Crippen LogP contribution in [0.1, 0.15) is 6.92 Å². The van der Waals surface area contributed by atoms with Crippen LogP contribution in [-0.4, -0.2) is 140 Å². The van der Waals surface area contributed by atoms with Crippen molar-refractivity contribution in [1.82, 2.24) is 14.7 Å². The summed E-state index contributed by atoms with van der Waals surface area (Å²) in [6.45, 7) is -1.65. The number of aliphatic carboxylic acids is 6. The van der Waals surface area contributed by atoms with Crippen molar-refractivity contribution in [3.63, 3.8) is 0 Å². The minimum atomic E-state index is -1.24. The molecule has 0 fully saturated rings. The fraction of sp³-hybridized carbons (Fsp3) is 0.625. The number of hydrogen-bond donors (Lipinski definition) is 6. The van der Waals surface area contributed by atoms with Gasteiger partial charge in [0.15, 0.2) is 0 Å². The smallest absolute Gasteiger partial charge is 0.317 e. The second-order valence-electron chi connectivity index (χ2n) is 6.19. The third-order valence-electron chi connectivity index (χ3n) is 3.26. The molecular weight excluding hydrogens is 426 g/mol. The fourth-order valence-corrected chi connectivity index (χ4v) is 2.22. The van der Waals surface area contributed by atoms with Gasteiger partial charge in [-0.2, -0.15) is 0 Å². The van der Waals surface area contributed by atoms with Crippen LogP contribution in [0.3, 0.4) is 0 Å². The van der Waals surface area contributed by atoms with Crippen molar-refractivity contribution in [2.45, 2.75) is 6.92 Å². The van der Waals surface area contributed by atoms with Crippen LogP contribution in [-0.2, 0) is 28.8 Å². The first-order valence-corrected chi connectivity index (χ1v) is 8.68. The third kappa shape index (κ3) is 22.8. The first-order chi connectivity index (χ1) is 14.2. The Bertz CT molecular complexity index is 563. The molecule has 0 rings (SSSR count). The van der Waals surface area contributed by atoms with Crippen LogP contribution in [0, 0.1) is 0 Å². The molecule has 0 aliphatic carbocycles. The molecule has 0 saturated heterocycles. The summed E-state index contributed by atoms with van der Waals surface area (Å²) in [4.78, 5) is 66.6. The molecule has 0 bridgehead atoms. The summed E-state index contributed by atoms with van der Waals surface area (Å²) in [7, 11) is 0. The molecule has 0 aliphatic heterocycles. The first-order valence-electron chi connectivity index (χ1n) is 8.68. The highest BCUT2D eigenvalue weighted by molar-refractivity contribution is 5.73. The van der Waals surface area contributed by atoms with E-state index in [1.165, 1.54) is 4.90 Å². The average molecular weight is 453 g/mol. The molecule has 0 unspecified atom stereocenters. The van der Waals surface area contributed by atoms with Gasteiger partial charge < -0.3 is 30.6 Å². The monoisotopic (exact) mass is 453 g/mol. The zero-order chi connectivity index (χ0) is 24.6. The third-order valence-corrected chi connectivity index (χ3v) is 3.26. The van der Waals surface area contributed by atoms with Gasteiger partial charge in [-0.1, -0.05) is 0 Å². The molecule has 15 heteroatoms. The predicted octanol–water partition coefficient (Wildman–Crippen LogP) is -2.59. The van der Waals surface area contributed by atoms with Crippen molar-refractivity contribution in [2.24, 2.45) is 0 Å². The van der Waals surface area contributed by atoms with E-state index in [4.69, 9.17) is 35.4 Å². The minimum absolute atomic E-state index is 0.000836. The molecule has 178 valence electrons. The molecule has 0 atom stereocenters. The van der Waals surface area contributed by atoms with E-state index in [2.05, 4.69) is 0 Å². The van der Waals surface area contributed by atoms with Gasteiger partial charge in [0.1, 0.15) is 0 Å². The maximum absolute atomic E-state index is 11.0. The Balaban J connectivity index is 0. The Hall–Kier alpha value is -3.30. The highest BCUT2D eigenvalue weighted by Gasteiger charge is 2.19. The molecule has 0 aromatic rings. The van der Waals surface area contributed by atoms with Crippen LogP contribution in [0.25, 0.3) is 0 Å². The molecule has 15 nitrogen and oxygen atoms in total. The molecule has 0 aliphatic rings. The van der Waals surface area contributed by atoms with Crippen LogP contribution in [0.2, 0.25) is 0 Å². The quantitative estimate of drug-likeness (QED) is 0.141. The van der Waals surface area contributed by atoms with E-state index in [1.54, 1.807) is 0 Å². The zero-order valence-corrected chi connectivity index (χ0v) is 16.8. The van der Waals surface area contributed by atoms with E-state index in [-0.39, 0.29) is 26.2 Å². The van der Waals surface area contributed by atoms with Gasteiger partial charge >= 0.3 is 29.8 Å². The van der Waals surface area contributed by atoms with Gasteiger partial charge in [-0.25, -0.2) is 0 Å². The first kappa shape index (κ1) is 29.9. The lowest BCUT2D eigenvalue weighted by atomic mass is 10.3. The van der Waals surface area contributed by atoms with Crippen LogP contribution >= 0.6 is 0 Å². The Kier molecular flexibility index (Phi) is 15.9. The average Bonchev–Trinajstić information content (AvgIpc) is 2.53. The standard InChI is InChI=1S/C14H23N3O10.C2H4O2/c18-10(19)5-15(1-3-16(6-11(20)21)7-12(22)23)2-4-17(8-13(24)25)9-14(26)27;1-2(3)4/h1-9H2,(H,18,19)(H,20,21)(H,22,23)(H,24,25)(H,26,27);1H3,(H,3,4). The summed E-state index contributed by atoms with van der Waals surface area (Å²) >= 11 is 0. The summed E-state index contributed by atoms with van der Waals surface area (Å²) in [6, 6.07) is 0. The molecule has 0 saturated carbocycles. The number of nitrogens with zero attached hydrogens (tertiary/aromatic N) is 3. The molecule has 0 heterocycles. The van der Waals surface area contributed by atoms with Gasteiger partial charge in [-0.05, 0) is 0 Å². The van der Waals surface area contributed by atoms with Gasteiger partial charge in [0.25, 0.3) is 5.97 Å². The van der Waals surface area contributed by atoms with Crippen LogP contribution in [0.5, 0.6) is 0 Å². The van der Waals surface area contributed by atoms with Crippen molar-refractivity contribution in [2.75, 3.05) is 58.9 Å². The molecule has 0 aromatic heterocycles. The van der Waals surface area contributed by atoms with Crippen LogP contribution in [0.15, 0.2) is 0 Å². The molecule has 0 amide bonds. The molecule has 0 aromatic carbocycles. The second-order valence-corrected chi connectivity index (χ2v) is 6.19. The van der Waals surface area contributed by atoms with Crippen molar-refractivity contribution in [3.05, 3.63) is 0 Å². The Labute approximate surface area is 176 Å². The van der Waals surface area contributed by atoms with Crippen molar-refractivity contribution in [3.8, 4) is 0 Å². The largest absolute Gasteiger partial charge is 0.481 e. The molecule has 6 N–H and O–H groups in total. The normalized spacial score (nSPS) is 10.5. The van der Waals surface area contributed by atoms with Gasteiger partial charge in [0.05, 0.1) is 32.7 Å². The number of carboxylic acid groups (broad SMARTS) is 6.